The van der Waals surface area contributed by atoms with Crippen LogP contribution in [0.5, 0.6) is 5.75 Å². The molecule has 5 heteroatoms. The molecule has 0 aliphatic carbocycles. The van der Waals surface area contributed by atoms with Crippen LogP contribution in [0.15, 0.2) is 42.5 Å². The summed E-state index contributed by atoms with van der Waals surface area (Å²) in [6, 6.07) is 12.4. The van der Waals surface area contributed by atoms with Gasteiger partial charge in [0.05, 0.1) is 7.11 Å². The lowest BCUT2D eigenvalue weighted by atomic mass is 10.1. The molecule has 0 atom stereocenters. The molecule has 0 spiro atoms. The smallest absolute Gasteiger partial charge is 0.254 e. The number of ether oxygens (including phenoxy) is 1. The Morgan fingerprint density at radius 2 is 2.05 bits per heavy atom. The van der Waals surface area contributed by atoms with E-state index in [-0.39, 0.29) is 5.91 Å². The predicted octanol–water partition coefficient (Wildman–Crippen LogP) is 3.20. The van der Waals surface area contributed by atoms with Gasteiger partial charge in [-0.3, -0.25) is 4.79 Å². The average molecular weight is 305 g/mol. The van der Waals surface area contributed by atoms with Crippen LogP contribution in [0.1, 0.15) is 15.9 Å². The number of anilines is 1. The lowest BCUT2D eigenvalue weighted by Gasteiger charge is -2.18. The number of halogens is 1. The van der Waals surface area contributed by atoms with E-state index in [1.165, 1.54) is 0 Å². The summed E-state index contributed by atoms with van der Waals surface area (Å²) < 4.78 is 5.18. The molecule has 0 radical (unpaired) electrons. The van der Waals surface area contributed by atoms with Gasteiger partial charge in [-0.05, 0) is 35.9 Å². The number of nitrogen functional groups attached to an aromatic ring is 1. The highest BCUT2D eigenvalue weighted by molar-refractivity contribution is 6.31. The first-order chi connectivity index (χ1) is 9.99. The van der Waals surface area contributed by atoms with E-state index in [1.807, 2.05) is 24.3 Å². The normalized spacial score (nSPS) is 10.2. The molecule has 110 valence electrons. The molecule has 0 bridgehead atoms. The SMILES string of the molecule is COc1cccc(CN(C)C(=O)c2cc(N)cc(Cl)c2)c1. The number of hydrogen-bond donors (Lipinski definition) is 1. The zero-order valence-corrected chi connectivity index (χ0v) is 12.7. The lowest BCUT2D eigenvalue weighted by molar-refractivity contribution is 0.0785. The highest BCUT2D eigenvalue weighted by Gasteiger charge is 2.13. The summed E-state index contributed by atoms with van der Waals surface area (Å²) in [5.41, 5.74) is 7.65. The van der Waals surface area contributed by atoms with Crippen LogP contribution in [0.4, 0.5) is 5.69 Å². The summed E-state index contributed by atoms with van der Waals surface area (Å²) in [4.78, 5) is 14.0. The van der Waals surface area contributed by atoms with Gasteiger partial charge in [0.25, 0.3) is 5.91 Å². The minimum absolute atomic E-state index is 0.132. The van der Waals surface area contributed by atoms with Crippen LogP contribution in [0.2, 0.25) is 5.02 Å². The number of nitrogens with two attached hydrogens (primary N) is 1. The number of hydrogen-bond acceptors (Lipinski definition) is 3. The van der Waals surface area contributed by atoms with Crippen molar-refractivity contribution in [1.29, 1.82) is 0 Å². The summed E-state index contributed by atoms with van der Waals surface area (Å²) in [5, 5.41) is 0.452. The van der Waals surface area contributed by atoms with Crippen LogP contribution < -0.4 is 10.5 Å². The van der Waals surface area contributed by atoms with Crippen molar-refractivity contribution < 1.29 is 9.53 Å². The molecule has 21 heavy (non-hydrogen) atoms. The van der Waals surface area contributed by atoms with Crippen LogP contribution in [-0.4, -0.2) is 25.0 Å². The van der Waals surface area contributed by atoms with Crippen LogP contribution >= 0.6 is 11.6 Å². The molecule has 1 amide bonds. The van der Waals surface area contributed by atoms with Gasteiger partial charge < -0.3 is 15.4 Å². The van der Waals surface area contributed by atoms with Crippen molar-refractivity contribution in [3.05, 3.63) is 58.6 Å². The highest BCUT2D eigenvalue weighted by atomic mass is 35.5. The Morgan fingerprint density at radius 3 is 2.71 bits per heavy atom. The Hall–Kier alpha value is -2.20. The fourth-order valence-electron chi connectivity index (χ4n) is 2.07. The van der Waals surface area contributed by atoms with Crippen molar-refractivity contribution in [2.24, 2.45) is 0 Å². The Balaban J connectivity index is 2.15. The molecule has 0 saturated heterocycles. The summed E-state index contributed by atoms with van der Waals surface area (Å²) in [5.74, 6) is 0.632. The molecule has 2 aromatic carbocycles. The maximum atomic E-state index is 12.4. The first-order valence-electron chi connectivity index (χ1n) is 6.44. The Bertz CT molecular complexity index is 638. The summed E-state index contributed by atoms with van der Waals surface area (Å²) in [6.45, 7) is 0.475. The third-order valence-electron chi connectivity index (χ3n) is 3.07. The van der Waals surface area contributed by atoms with Gasteiger partial charge in [-0.1, -0.05) is 23.7 Å². The zero-order chi connectivity index (χ0) is 15.4. The number of carbonyl (C=O) groups excluding carboxylic acids is 1. The Kier molecular flexibility index (Phi) is 4.70. The molecule has 0 aliphatic rings. The summed E-state index contributed by atoms with van der Waals surface area (Å²) >= 11 is 5.93. The van der Waals surface area contributed by atoms with E-state index in [0.717, 1.165) is 11.3 Å². The highest BCUT2D eigenvalue weighted by Crippen LogP contribution is 2.19. The topological polar surface area (TPSA) is 55.6 Å². The molecular weight excluding hydrogens is 288 g/mol. The molecule has 4 nitrogen and oxygen atoms in total. The van der Waals surface area contributed by atoms with Crippen molar-refractivity contribution in [2.75, 3.05) is 19.9 Å². The van der Waals surface area contributed by atoms with Gasteiger partial charge in [0.15, 0.2) is 0 Å². The van der Waals surface area contributed by atoms with Crippen LogP contribution in [0, 0.1) is 0 Å². The van der Waals surface area contributed by atoms with Crippen molar-refractivity contribution in [2.45, 2.75) is 6.54 Å². The molecule has 0 unspecified atom stereocenters. The zero-order valence-electron chi connectivity index (χ0n) is 12.0. The van der Waals surface area contributed by atoms with Crippen LogP contribution in [0.3, 0.4) is 0 Å². The fraction of sp³-hybridized carbons (Fsp3) is 0.188. The van der Waals surface area contributed by atoms with Gasteiger partial charge in [0.2, 0.25) is 0 Å². The molecular formula is C16H17ClN2O2. The number of rotatable bonds is 4. The molecule has 0 saturated carbocycles. The second-order valence-electron chi connectivity index (χ2n) is 4.79. The minimum atomic E-state index is -0.132. The largest absolute Gasteiger partial charge is 0.497 e. The van der Waals surface area contributed by atoms with Gasteiger partial charge in [0, 0.05) is 29.9 Å². The van der Waals surface area contributed by atoms with E-state index < -0.39 is 0 Å². The minimum Gasteiger partial charge on any atom is -0.497 e. The maximum absolute atomic E-state index is 12.4. The monoisotopic (exact) mass is 304 g/mol. The number of benzene rings is 2. The van der Waals surface area contributed by atoms with Gasteiger partial charge >= 0.3 is 0 Å². The van der Waals surface area contributed by atoms with E-state index >= 15 is 0 Å². The second kappa shape index (κ2) is 6.50. The van der Waals surface area contributed by atoms with Crippen molar-refractivity contribution in [3.8, 4) is 5.75 Å². The molecule has 0 aliphatic heterocycles. The lowest BCUT2D eigenvalue weighted by Crippen LogP contribution is -2.26. The first kappa shape index (κ1) is 15.2. The third kappa shape index (κ3) is 3.89. The average Bonchev–Trinajstić information content (AvgIpc) is 2.45. The Labute approximate surface area is 129 Å². The van der Waals surface area contributed by atoms with Gasteiger partial charge in [-0.2, -0.15) is 0 Å². The fourth-order valence-corrected chi connectivity index (χ4v) is 2.32. The number of carbonyl (C=O) groups is 1. The van der Waals surface area contributed by atoms with Gasteiger partial charge in [-0.25, -0.2) is 0 Å². The molecule has 2 N–H and O–H groups in total. The standard InChI is InChI=1S/C16H17ClN2O2/c1-19(10-11-4-3-5-15(6-11)21-2)16(20)12-7-13(17)9-14(18)8-12/h3-9H,10,18H2,1-2H3. The second-order valence-corrected chi connectivity index (χ2v) is 5.22. The molecule has 0 aromatic heterocycles. The predicted molar refractivity (Wildman–Crippen MR) is 84.7 cm³/mol. The Morgan fingerprint density at radius 1 is 1.29 bits per heavy atom. The van der Waals surface area contributed by atoms with E-state index in [0.29, 0.717) is 22.8 Å². The van der Waals surface area contributed by atoms with Gasteiger partial charge in [-0.15, -0.1) is 0 Å². The van der Waals surface area contributed by atoms with E-state index in [1.54, 1.807) is 37.3 Å². The number of amides is 1. The third-order valence-corrected chi connectivity index (χ3v) is 3.29. The van der Waals surface area contributed by atoms with Crippen LogP contribution in [-0.2, 0) is 6.54 Å². The maximum Gasteiger partial charge on any atom is 0.254 e. The van der Waals surface area contributed by atoms with E-state index in [2.05, 4.69) is 0 Å². The molecule has 0 fully saturated rings. The molecule has 2 aromatic rings. The number of methoxy groups -OCH3 is 1. The summed E-state index contributed by atoms with van der Waals surface area (Å²) in [7, 11) is 3.35. The van der Waals surface area contributed by atoms with E-state index in [4.69, 9.17) is 22.1 Å². The van der Waals surface area contributed by atoms with Crippen molar-refractivity contribution in [3.63, 3.8) is 0 Å². The van der Waals surface area contributed by atoms with E-state index in [9.17, 15) is 4.79 Å². The van der Waals surface area contributed by atoms with Crippen molar-refractivity contribution in [1.82, 2.24) is 4.90 Å². The summed E-state index contributed by atoms with van der Waals surface area (Å²) in [6.07, 6.45) is 0. The van der Waals surface area contributed by atoms with Crippen molar-refractivity contribution >= 4 is 23.2 Å². The molecule has 0 heterocycles. The van der Waals surface area contributed by atoms with Gasteiger partial charge in [0.1, 0.15) is 5.75 Å². The first-order valence-corrected chi connectivity index (χ1v) is 6.82. The quantitative estimate of drug-likeness (QED) is 0.883. The molecule has 2 rings (SSSR count). The van der Waals surface area contributed by atoms with Crippen LogP contribution in [0.25, 0.3) is 0 Å². The number of nitrogens with zero attached hydrogens (tertiary/aromatic N) is 1.